The third-order valence-corrected chi connectivity index (χ3v) is 2.96. The van der Waals surface area contributed by atoms with Crippen LogP contribution in [0.15, 0.2) is 0 Å². The van der Waals surface area contributed by atoms with Gasteiger partial charge < -0.3 is 29.4 Å². The molecule has 21 heavy (non-hydrogen) atoms. The minimum absolute atomic E-state index is 0.378. The van der Waals surface area contributed by atoms with Crippen molar-refractivity contribution in [3.05, 3.63) is 0 Å². The highest BCUT2D eigenvalue weighted by atomic mass is 16.6. The molecule has 0 radical (unpaired) electrons. The molecule has 7 nitrogen and oxygen atoms in total. The molecule has 126 valence electrons. The van der Waals surface area contributed by atoms with Gasteiger partial charge in [0.05, 0.1) is 39.6 Å². The summed E-state index contributed by atoms with van der Waals surface area (Å²) >= 11 is 0. The van der Waals surface area contributed by atoms with Gasteiger partial charge in [0.15, 0.2) is 0 Å². The Hall–Kier alpha value is -0.730. The summed E-state index contributed by atoms with van der Waals surface area (Å²) in [5.41, 5.74) is -0.940. The first kappa shape index (κ1) is 20.3. The van der Waals surface area contributed by atoms with E-state index in [1.165, 1.54) is 0 Å². The molecule has 0 aliphatic rings. The van der Waals surface area contributed by atoms with Crippen LogP contribution in [0.25, 0.3) is 0 Å². The average Bonchev–Trinajstić information content (AvgIpc) is 2.45. The van der Waals surface area contributed by atoms with E-state index in [1.807, 2.05) is 6.92 Å². The predicted molar refractivity (Wildman–Crippen MR) is 78.7 cm³/mol. The molecule has 0 fully saturated rings. The second-order valence-corrected chi connectivity index (χ2v) is 4.75. The Morgan fingerprint density at radius 1 is 1.00 bits per heavy atom. The number of hydrogen-bond donors (Lipinski definition) is 2. The van der Waals surface area contributed by atoms with Gasteiger partial charge in [-0.05, 0) is 19.9 Å². The first-order valence-corrected chi connectivity index (χ1v) is 7.27. The topological polar surface area (TPSA) is 86.3 Å². The molecule has 0 bridgehead atoms. The molecule has 1 unspecified atom stereocenters. The summed E-state index contributed by atoms with van der Waals surface area (Å²) in [6, 6.07) is 0. The van der Waals surface area contributed by atoms with Gasteiger partial charge in [-0.15, -0.1) is 0 Å². The van der Waals surface area contributed by atoms with Crippen molar-refractivity contribution in [3.8, 4) is 0 Å². The Kier molecular flexibility index (Phi) is 12.5. The quantitative estimate of drug-likeness (QED) is 0.427. The summed E-state index contributed by atoms with van der Waals surface area (Å²) in [4.78, 5) is 11.2. The first-order chi connectivity index (χ1) is 10.1. The molecule has 0 saturated carbocycles. The van der Waals surface area contributed by atoms with Gasteiger partial charge in [0.2, 0.25) is 0 Å². The lowest BCUT2D eigenvalue weighted by atomic mass is 9.99. The van der Waals surface area contributed by atoms with Crippen LogP contribution in [0.5, 0.6) is 0 Å². The summed E-state index contributed by atoms with van der Waals surface area (Å²) < 4.78 is 20.8. The van der Waals surface area contributed by atoms with Crippen LogP contribution in [0.4, 0.5) is 0 Å². The molecule has 0 aliphatic carbocycles. The van der Waals surface area contributed by atoms with Gasteiger partial charge in [-0.1, -0.05) is 6.92 Å². The fraction of sp³-hybridized carbons (Fsp3) is 0.929. The van der Waals surface area contributed by atoms with E-state index in [0.717, 1.165) is 0 Å². The number of carboxylic acids is 1. The summed E-state index contributed by atoms with van der Waals surface area (Å²) in [5, 5.41) is 12.1. The molecule has 7 heteroatoms. The van der Waals surface area contributed by atoms with Crippen LogP contribution in [0.3, 0.4) is 0 Å². The molecule has 1 atom stereocenters. The molecule has 0 aromatic rings. The van der Waals surface area contributed by atoms with Gasteiger partial charge in [0, 0.05) is 13.7 Å². The number of rotatable bonds is 15. The van der Waals surface area contributed by atoms with Gasteiger partial charge in [0.25, 0.3) is 0 Å². The second-order valence-electron chi connectivity index (χ2n) is 4.75. The molecule has 0 aromatic carbocycles. The van der Waals surface area contributed by atoms with E-state index in [4.69, 9.17) is 24.1 Å². The second kappa shape index (κ2) is 13.0. The Morgan fingerprint density at radius 2 is 1.48 bits per heavy atom. The third-order valence-electron chi connectivity index (χ3n) is 2.96. The zero-order chi connectivity index (χ0) is 16.0. The van der Waals surface area contributed by atoms with Gasteiger partial charge in [-0.25, -0.2) is 0 Å². The minimum atomic E-state index is -0.940. The maximum atomic E-state index is 11.2. The molecule has 0 amide bonds. The molecule has 0 aromatic heterocycles. The molecule has 0 spiro atoms. The highest BCUT2D eigenvalue weighted by molar-refractivity contribution is 5.78. The van der Waals surface area contributed by atoms with E-state index in [1.54, 1.807) is 14.0 Å². The standard InChI is InChI=1S/C14H29NO6/c1-4-15-14(2,13(16)17)5-6-19-9-10-21-12-11-20-8-7-18-3/h15H,4-12H2,1-3H3,(H,16,17). The summed E-state index contributed by atoms with van der Waals surface area (Å²) in [5.74, 6) is -0.864. The van der Waals surface area contributed by atoms with Crippen LogP contribution in [0, 0.1) is 0 Å². The number of nitrogens with one attached hydrogen (secondary N) is 1. The van der Waals surface area contributed by atoms with Gasteiger partial charge >= 0.3 is 5.97 Å². The zero-order valence-electron chi connectivity index (χ0n) is 13.4. The van der Waals surface area contributed by atoms with Gasteiger partial charge in [-0.3, -0.25) is 4.79 Å². The molecule has 0 saturated heterocycles. The molecule has 0 heterocycles. The Bertz CT molecular complexity index is 264. The number of carbonyl (C=O) groups is 1. The fourth-order valence-corrected chi connectivity index (χ4v) is 1.62. The summed E-state index contributed by atoms with van der Waals surface area (Å²) in [6.07, 6.45) is 0.413. The predicted octanol–water partition coefficient (Wildman–Crippen LogP) is 0.526. The van der Waals surface area contributed by atoms with Crippen molar-refractivity contribution < 1.29 is 28.8 Å². The number of ether oxygens (including phenoxy) is 4. The maximum absolute atomic E-state index is 11.2. The highest BCUT2D eigenvalue weighted by Crippen LogP contribution is 2.09. The van der Waals surface area contributed by atoms with Crippen LogP contribution in [0.1, 0.15) is 20.3 Å². The fourth-order valence-electron chi connectivity index (χ4n) is 1.62. The van der Waals surface area contributed by atoms with Crippen molar-refractivity contribution in [2.45, 2.75) is 25.8 Å². The average molecular weight is 307 g/mol. The number of likely N-dealkylation sites (N-methyl/N-ethyl adjacent to an activating group) is 1. The third kappa shape index (κ3) is 10.6. The maximum Gasteiger partial charge on any atom is 0.323 e. The minimum Gasteiger partial charge on any atom is -0.480 e. The van der Waals surface area contributed by atoms with Crippen molar-refractivity contribution in [2.75, 3.05) is 59.9 Å². The SMILES string of the molecule is CCNC(C)(CCOCCOCCOCCOC)C(=O)O. The number of aliphatic carboxylic acids is 1. The molecular weight excluding hydrogens is 278 g/mol. The molecule has 0 aliphatic heterocycles. The van der Waals surface area contributed by atoms with Crippen LogP contribution in [0.2, 0.25) is 0 Å². The summed E-state index contributed by atoms with van der Waals surface area (Å²) in [7, 11) is 1.63. The van der Waals surface area contributed by atoms with Crippen molar-refractivity contribution in [1.82, 2.24) is 5.32 Å². The molecular formula is C14H29NO6. The lowest BCUT2D eigenvalue weighted by molar-refractivity contribution is -0.145. The van der Waals surface area contributed by atoms with Crippen molar-refractivity contribution >= 4 is 5.97 Å². The van der Waals surface area contributed by atoms with Crippen molar-refractivity contribution in [3.63, 3.8) is 0 Å². The van der Waals surface area contributed by atoms with Gasteiger partial charge in [0.1, 0.15) is 5.54 Å². The lowest BCUT2D eigenvalue weighted by Gasteiger charge is -2.25. The number of methoxy groups -OCH3 is 1. The Balaban J connectivity index is 3.44. The summed E-state index contributed by atoms with van der Waals surface area (Å²) in [6.45, 7) is 7.63. The van der Waals surface area contributed by atoms with Crippen LogP contribution < -0.4 is 5.32 Å². The normalized spacial score (nSPS) is 14.0. The molecule has 2 N–H and O–H groups in total. The Labute approximate surface area is 126 Å². The van der Waals surface area contributed by atoms with Crippen LogP contribution >= 0.6 is 0 Å². The van der Waals surface area contributed by atoms with E-state index in [2.05, 4.69) is 5.32 Å². The largest absolute Gasteiger partial charge is 0.480 e. The van der Waals surface area contributed by atoms with E-state index >= 15 is 0 Å². The highest BCUT2D eigenvalue weighted by Gasteiger charge is 2.31. The smallest absolute Gasteiger partial charge is 0.323 e. The van der Waals surface area contributed by atoms with E-state index in [-0.39, 0.29) is 0 Å². The Morgan fingerprint density at radius 3 is 1.90 bits per heavy atom. The van der Waals surface area contributed by atoms with Gasteiger partial charge in [-0.2, -0.15) is 0 Å². The van der Waals surface area contributed by atoms with Crippen LogP contribution in [-0.2, 0) is 23.7 Å². The monoisotopic (exact) mass is 307 g/mol. The van der Waals surface area contributed by atoms with Crippen LogP contribution in [-0.4, -0.2) is 76.5 Å². The molecule has 0 rings (SSSR count). The first-order valence-electron chi connectivity index (χ1n) is 7.27. The van der Waals surface area contributed by atoms with E-state index in [0.29, 0.717) is 59.2 Å². The van der Waals surface area contributed by atoms with Crippen molar-refractivity contribution in [2.24, 2.45) is 0 Å². The zero-order valence-corrected chi connectivity index (χ0v) is 13.4. The van der Waals surface area contributed by atoms with E-state index < -0.39 is 11.5 Å². The number of carboxylic acid groups (broad SMARTS) is 1. The lowest BCUT2D eigenvalue weighted by Crippen LogP contribution is -2.50. The van der Waals surface area contributed by atoms with Crippen molar-refractivity contribution in [1.29, 1.82) is 0 Å². The number of hydrogen-bond acceptors (Lipinski definition) is 6. The van der Waals surface area contributed by atoms with E-state index in [9.17, 15) is 4.79 Å².